The van der Waals surface area contributed by atoms with Crippen molar-refractivity contribution in [1.29, 1.82) is 5.41 Å². The molecule has 0 aliphatic heterocycles. The summed E-state index contributed by atoms with van der Waals surface area (Å²) in [6.07, 6.45) is 1.34. The Labute approximate surface area is 214 Å². The average molecular weight is 528 g/mol. The molecule has 0 bridgehead atoms. The van der Waals surface area contributed by atoms with Crippen LogP contribution in [0.5, 0.6) is 23.0 Å². The summed E-state index contributed by atoms with van der Waals surface area (Å²) in [6.45, 7) is 0. The summed E-state index contributed by atoms with van der Waals surface area (Å²) < 4.78 is 49.4. The average Bonchev–Trinajstić information content (AvgIpc) is 2.90. The molecular weight excluding hydrogens is 502 g/mol. The van der Waals surface area contributed by atoms with Crippen LogP contribution in [0.3, 0.4) is 0 Å². The fourth-order valence-electron chi connectivity index (χ4n) is 3.42. The maximum Gasteiger partial charge on any atom is 0.269 e. The lowest BCUT2D eigenvalue weighted by Crippen LogP contribution is -2.11. The summed E-state index contributed by atoms with van der Waals surface area (Å²) in [5.41, 5.74) is 1.15. The lowest BCUT2D eigenvalue weighted by molar-refractivity contribution is -0.384. The standard InChI is InChI=1S/C25H25N3O8S/c1-33-19-14-23(35-3)20(24(15-19)36-4)11-12-37(31,32)27-17-7-10-22(34-2)21(13-17)25(26)16-5-8-18(9-6-16)28(29)30/h5-15,26-27H,1-4H3/b12-11+,26-25?. The molecule has 0 spiro atoms. The topological polar surface area (TPSA) is 150 Å². The quantitative estimate of drug-likeness (QED) is 0.211. The number of hydrogen-bond acceptors (Lipinski definition) is 9. The minimum Gasteiger partial charge on any atom is -0.496 e. The number of nitro benzene ring substituents is 1. The van der Waals surface area contributed by atoms with Crippen LogP contribution < -0.4 is 23.7 Å². The van der Waals surface area contributed by atoms with Crippen LogP contribution in [0.15, 0.2) is 60.0 Å². The number of nitrogens with one attached hydrogen (secondary N) is 2. The Hall–Kier alpha value is -4.58. The number of ether oxygens (including phenoxy) is 4. The van der Waals surface area contributed by atoms with Crippen LogP contribution in [0.25, 0.3) is 6.08 Å². The van der Waals surface area contributed by atoms with Gasteiger partial charge in [0.2, 0.25) is 0 Å². The Morgan fingerprint density at radius 3 is 2.00 bits per heavy atom. The third kappa shape index (κ3) is 6.35. The highest BCUT2D eigenvalue weighted by molar-refractivity contribution is 7.95. The molecule has 0 saturated heterocycles. The smallest absolute Gasteiger partial charge is 0.269 e. The summed E-state index contributed by atoms with van der Waals surface area (Å²) in [4.78, 5) is 10.4. The lowest BCUT2D eigenvalue weighted by Gasteiger charge is -2.14. The molecule has 0 radical (unpaired) electrons. The highest BCUT2D eigenvalue weighted by atomic mass is 32.2. The molecule has 0 aliphatic rings. The molecule has 3 aromatic carbocycles. The van der Waals surface area contributed by atoms with Gasteiger partial charge in [0.25, 0.3) is 15.7 Å². The molecule has 0 aliphatic carbocycles. The Kier molecular flexibility index (Phi) is 8.35. The van der Waals surface area contributed by atoms with Crippen LogP contribution >= 0.6 is 0 Å². The van der Waals surface area contributed by atoms with Crippen LogP contribution in [0.2, 0.25) is 0 Å². The minimum absolute atomic E-state index is 0.00366. The van der Waals surface area contributed by atoms with Gasteiger partial charge >= 0.3 is 0 Å². The highest BCUT2D eigenvalue weighted by Gasteiger charge is 2.17. The SMILES string of the molecule is COc1cc(OC)c(/C=C/S(=O)(=O)Nc2ccc(OC)c(C(=N)c3ccc([N+](=O)[O-])cc3)c2)c(OC)c1. The first-order valence-electron chi connectivity index (χ1n) is 10.6. The first-order valence-corrected chi connectivity index (χ1v) is 12.2. The van der Waals surface area contributed by atoms with Gasteiger partial charge in [0, 0.05) is 41.1 Å². The summed E-state index contributed by atoms with van der Waals surface area (Å²) in [6, 6.07) is 13.1. The first-order chi connectivity index (χ1) is 17.6. The van der Waals surface area contributed by atoms with E-state index in [1.807, 2.05) is 0 Å². The van der Waals surface area contributed by atoms with E-state index < -0.39 is 14.9 Å². The Bertz CT molecular complexity index is 1430. The van der Waals surface area contributed by atoms with Gasteiger partial charge in [-0.3, -0.25) is 20.2 Å². The minimum atomic E-state index is -4.00. The Morgan fingerprint density at radius 1 is 0.892 bits per heavy atom. The number of hydrogen-bond donors (Lipinski definition) is 2. The maximum absolute atomic E-state index is 12.8. The predicted molar refractivity (Wildman–Crippen MR) is 140 cm³/mol. The van der Waals surface area contributed by atoms with E-state index in [1.54, 1.807) is 12.1 Å². The molecule has 11 nitrogen and oxygen atoms in total. The van der Waals surface area contributed by atoms with Crippen molar-refractivity contribution in [2.24, 2.45) is 0 Å². The van der Waals surface area contributed by atoms with Crippen molar-refractivity contribution in [1.82, 2.24) is 0 Å². The van der Waals surface area contributed by atoms with E-state index in [9.17, 15) is 18.5 Å². The van der Waals surface area contributed by atoms with Crippen LogP contribution in [-0.2, 0) is 10.0 Å². The number of non-ortho nitro benzene ring substituents is 1. The molecule has 2 N–H and O–H groups in total. The van der Waals surface area contributed by atoms with Crippen LogP contribution in [0, 0.1) is 15.5 Å². The van der Waals surface area contributed by atoms with E-state index in [2.05, 4.69) is 4.72 Å². The molecule has 0 unspecified atom stereocenters. The fourth-order valence-corrected chi connectivity index (χ4v) is 4.26. The molecular formula is C25H25N3O8S. The van der Waals surface area contributed by atoms with Gasteiger partial charge < -0.3 is 18.9 Å². The molecule has 37 heavy (non-hydrogen) atoms. The van der Waals surface area contributed by atoms with Crippen molar-refractivity contribution >= 4 is 33.2 Å². The van der Waals surface area contributed by atoms with Gasteiger partial charge in [0.15, 0.2) is 0 Å². The zero-order chi connectivity index (χ0) is 27.2. The second-order valence-corrected chi connectivity index (χ2v) is 9.06. The number of benzene rings is 3. The van der Waals surface area contributed by atoms with Gasteiger partial charge in [0.05, 0.1) is 50.0 Å². The molecule has 0 saturated carbocycles. The Morgan fingerprint density at radius 2 is 1.49 bits per heavy atom. The van der Waals surface area contributed by atoms with Gasteiger partial charge in [-0.2, -0.15) is 0 Å². The van der Waals surface area contributed by atoms with E-state index in [4.69, 9.17) is 24.4 Å². The van der Waals surface area contributed by atoms with Crippen molar-refractivity contribution in [3.8, 4) is 23.0 Å². The number of anilines is 1. The number of nitro groups is 1. The van der Waals surface area contributed by atoms with Crippen LogP contribution in [-0.4, -0.2) is 47.5 Å². The van der Waals surface area contributed by atoms with Crippen molar-refractivity contribution in [2.75, 3.05) is 33.2 Å². The lowest BCUT2D eigenvalue weighted by atomic mass is 10.0. The zero-order valence-electron chi connectivity index (χ0n) is 20.5. The number of methoxy groups -OCH3 is 4. The number of rotatable bonds is 11. The molecule has 0 heterocycles. The van der Waals surface area contributed by atoms with E-state index in [1.165, 1.54) is 77.0 Å². The molecule has 194 valence electrons. The molecule has 0 fully saturated rings. The molecule has 3 rings (SSSR count). The van der Waals surface area contributed by atoms with Crippen molar-refractivity contribution < 1.29 is 32.3 Å². The molecule has 0 atom stereocenters. The Balaban J connectivity index is 1.91. The largest absolute Gasteiger partial charge is 0.496 e. The number of sulfonamides is 1. The third-order valence-electron chi connectivity index (χ3n) is 5.26. The molecule has 0 amide bonds. The summed E-state index contributed by atoms with van der Waals surface area (Å²) in [5, 5.41) is 20.4. The third-order valence-corrected chi connectivity index (χ3v) is 6.28. The maximum atomic E-state index is 12.8. The van der Waals surface area contributed by atoms with Crippen molar-refractivity contribution in [3.63, 3.8) is 0 Å². The molecule has 12 heteroatoms. The van der Waals surface area contributed by atoms with Crippen LogP contribution in [0.1, 0.15) is 16.7 Å². The second kappa shape index (κ2) is 11.4. The van der Waals surface area contributed by atoms with Gasteiger partial charge in [-0.1, -0.05) is 0 Å². The normalized spacial score (nSPS) is 11.1. The van der Waals surface area contributed by atoms with E-state index in [-0.39, 0.29) is 17.1 Å². The fraction of sp³-hybridized carbons (Fsp3) is 0.160. The number of nitrogens with zero attached hydrogens (tertiary/aromatic N) is 1. The highest BCUT2D eigenvalue weighted by Crippen LogP contribution is 2.35. The van der Waals surface area contributed by atoms with Crippen molar-refractivity contribution in [2.45, 2.75) is 0 Å². The summed E-state index contributed by atoms with van der Waals surface area (Å²) >= 11 is 0. The molecule has 3 aromatic rings. The second-order valence-electron chi connectivity index (χ2n) is 7.49. The van der Waals surface area contributed by atoms with E-state index in [0.29, 0.717) is 39.7 Å². The summed E-state index contributed by atoms with van der Waals surface area (Å²) in [5.74, 6) is 1.51. The predicted octanol–water partition coefficient (Wildman–Crippen LogP) is 4.46. The van der Waals surface area contributed by atoms with Gasteiger partial charge in [-0.15, -0.1) is 0 Å². The van der Waals surface area contributed by atoms with Crippen LogP contribution in [0.4, 0.5) is 11.4 Å². The van der Waals surface area contributed by atoms with E-state index >= 15 is 0 Å². The van der Waals surface area contributed by atoms with Crippen molar-refractivity contribution in [3.05, 3.63) is 86.8 Å². The summed E-state index contributed by atoms with van der Waals surface area (Å²) in [7, 11) is 1.79. The van der Waals surface area contributed by atoms with E-state index in [0.717, 1.165) is 5.41 Å². The molecule has 0 aromatic heterocycles. The zero-order valence-corrected chi connectivity index (χ0v) is 21.3. The van der Waals surface area contributed by atoms with Gasteiger partial charge in [-0.05, 0) is 36.4 Å². The van der Waals surface area contributed by atoms with Gasteiger partial charge in [-0.25, -0.2) is 8.42 Å². The van der Waals surface area contributed by atoms with Gasteiger partial charge in [0.1, 0.15) is 23.0 Å². The first kappa shape index (κ1) is 27.0. The monoisotopic (exact) mass is 527 g/mol.